The minimum Gasteiger partial charge on any atom is -0.423 e. The van der Waals surface area contributed by atoms with Gasteiger partial charge in [0.1, 0.15) is 11.6 Å². The number of H-pyrrole nitrogens is 1. The van der Waals surface area contributed by atoms with E-state index in [1.54, 1.807) is 6.92 Å². The van der Waals surface area contributed by atoms with Crippen molar-refractivity contribution in [3.8, 4) is 0 Å². The molecule has 0 aliphatic heterocycles. The van der Waals surface area contributed by atoms with Gasteiger partial charge >= 0.3 is 7.12 Å². The molecule has 0 aliphatic rings. The van der Waals surface area contributed by atoms with E-state index < -0.39 is 18.5 Å². The Bertz CT molecular complexity index is 611. The molecule has 0 unspecified atom stereocenters. The molecule has 5 nitrogen and oxygen atoms in total. The number of fused-ring (bicyclic) bond motifs is 1. The summed E-state index contributed by atoms with van der Waals surface area (Å²) in [5.74, 6) is -0.471. The standard InChI is InChI=1S/C9H8BFN2O3/c1-4-12-8-3-6(10(15)16)7(11)2-5(8)9(14)13-4/h2-3,15-16H,1H3,(H,12,13,14). The first kappa shape index (κ1) is 10.8. The molecule has 2 rings (SSSR count). The van der Waals surface area contributed by atoms with Crippen LogP contribution in [0, 0.1) is 12.7 Å². The Morgan fingerprint density at radius 1 is 1.44 bits per heavy atom. The van der Waals surface area contributed by atoms with E-state index in [-0.39, 0.29) is 16.4 Å². The molecule has 0 bridgehead atoms. The molecule has 0 aliphatic carbocycles. The van der Waals surface area contributed by atoms with Crippen LogP contribution in [0.3, 0.4) is 0 Å². The summed E-state index contributed by atoms with van der Waals surface area (Å²) in [7, 11) is -1.93. The molecule has 2 aromatic rings. The maximum absolute atomic E-state index is 13.4. The number of hydrogen-bond donors (Lipinski definition) is 3. The summed E-state index contributed by atoms with van der Waals surface area (Å²) in [6, 6.07) is 2.09. The molecule has 7 heteroatoms. The van der Waals surface area contributed by atoms with Gasteiger partial charge in [0.05, 0.1) is 10.9 Å². The van der Waals surface area contributed by atoms with Gasteiger partial charge in [-0.15, -0.1) is 0 Å². The highest BCUT2D eigenvalue weighted by atomic mass is 19.1. The molecule has 3 N–H and O–H groups in total. The van der Waals surface area contributed by atoms with Crippen molar-refractivity contribution < 1.29 is 14.4 Å². The van der Waals surface area contributed by atoms with Crippen molar-refractivity contribution in [2.75, 3.05) is 0 Å². The first-order valence-electron chi connectivity index (χ1n) is 4.55. The number of nitrogens with one attached hydrogen (secondary N) is 1. The van der Waals surface area contributed by atoms with E-state index in [1.165, 1.54) is 0 Å². The smallest absolute Gasteiger partial charge is 0.423 e. The third-order valence-electron chi connectivity index (χ3n) is 2.22. The Balaban J connectivity index is 2.84. The van der Waals surface area contributed by atoms with Gasteiger partial charge in [0.25, 0.3) is 5.56 Å². The van der Waals surface area contributed by atoms with Gasteiger partial charge < -0.3 is 15.0 Å². The van der Waals surface area contributed by atoms with Crippen LogP contribution in [-0.2, 0) is 0 Å². The molecule has 0 amide bonds. The highest BCUT2D eigenvalue weighted by Crippen LogP contribution is 2.07. The van der Waals surface area contributed by atoms with Crippen LogP contribution in [0.1, 0.15) is 5.82 Å². The summed E-state index contributed by atoms with van der Waals surface area (Å²) in [6.07, 6.45) is 0. The molecule has 0 saturated heterocycles. The molecule has 82 valence electrons. The molecule has 0 atom stereocenters. The van der Waals surface area contributed by atoms with Gasteiger partial charge in [-0.2, -0.15) is 0 Å². The second-order valence-electron chi connectivity index (χ2n) is 3.42. The molecule has 0 saturated carbocycles. The third kappa shape index (κ3) is 1.70. The lowest BCUT2D eigenvalue weighted by Gasteiger charge is -2.04. The van der Waals surface area contributed by atoms with E-state index in [4.69, 9.17) is 10.0 Å². The zero-order valence-electron chi connectivity index (χ0n) is 8.36. The summed E-state index contributed by atoms with van der Waals surface area (Å²) in [5, 5.41) is 17.9. The van der Waals surface area contributed by atoms with Gasteiger partial charge in [-0.3, -0.25) is 4.79 Å². The maximum Gasteiger partial charge on any atom is 0.491 e. The van der Waals surface area contributed by atoms with Crippen LogP contribution < -0.4 is 11.0 Å². The predicted molar refractivity (Wildman–Crippen MR) is 56.9 cm³/mol. The average Bonchev–Trinajstić information content (AvgIpc) is 2.18. The SMILES string of the molecule is Cc1nc2cc(B(O)O)c(F)cc2c(=O)[nH]1. The highest BCUT2D eigenvalue weighted by Gasteiger charge is 2.18. The van der Waals surface area contributed by atoms with Crippen molar-refractivity contribution in [1.82, 2.24) is 9.97 Å². The molecule has 0 radical (unpaired) electrons. The fourth-order valence-electron chi connectivity index (χ4n) is 1.49. The quantitative estimate of drug-likeness (QED) is 0.543. The predicted octanol–water partition coefficient (Wildman–Crippen LogP) is -0.950. The first-order valence-corrected chi connectivity index (χ1v) is 4.55. The monoisotopic (exact) mass is 222 g/mol. The van der Waals surface area contributed by atoms with Crippen molar-refractivity contribution in [2.24, 2.45) is 0 Å². The highest BCUT2D eigenvalue weighted by molar-refractivity contribution is 6.59. The van der Waals surface area contributed by atoms with Crippen LogP contribution >= 0.6 is 0 Å². The topological polar surface area (TPSA) is 86.2 Å². The second-order valence-corrected chi connectivity index (χ2v) is 3.42. The van der Waals surface area contributed by atoms with Gasteiger partial charge in [0.2, 0.25) is 0 Å². The number of aryl methyl sites for hydroxylation is 1. The molecule has 0 spiro atoms. The molecule has 1 heterocycles. The van der Waals surface area contributed by atoms with E-state index in [2.05, 4.69) is 9.97 Å². The lowest BCUT2D eigenvalue weighted by Crippen LogP contribution is -2.33. The molecule has 1 aromatic heterocycles. The Morgan fingerprint density at radius 2 is 2.12 bits per heavy atom. The van der Waals surface area contributed by atoms with Crippen LogP contribution in [-0.4, -0.2) is 27.1 Å². The zero-order chi connectivity index (χ0) is 11.9. The maximum atomic E-state index is 13.4. The summed E-state index contributed by atoms with van der Waals surface area (Å²) in [5.41, 5.74) is -0.531. The summed E-state index contributed by atoms with van der Waals surface area (Å²) in [4.78, 5) is 17.9. The summed E-state index contributed by atoms with van der Waals surface area (Å²) < 4.78 is 13.4. The lowest BCUT2D eigenvalue weighted by molar-refractivity contribution is 0.423. The molecular formula is C9H8BFN2O3. The number of benzene rings is 1. The number of nitrogens with zero attached hydrogens (tertiary/aromatic N) is 1. The van der Waals surface area contributed by atoms with Crippen molar-refractivity contribution in [1.29, 1.82) is 0 Å². The van der Waals surface area contributed by atoms with E-state index in [1.807, 2.05) is 0 Å². The first-order chi connectivity index (χ1) is 7.49. The zero-order valence-corrected chi connectivity index (χ0v) is 8.36. The molecular weight excluding hydrogens is 214 g/mol. The third-order valence-corrected chi connectivity index (χ3v) is 2.22. The van der Waals surface area contributed by atoms with Gasteiger partial charge in [0, 0.05) is 5.46 Å². The average molecular weight is 222 g/mol. The largest absolute Gasteiger partial charge is 0.491 e. The lowest BCUT2D eigenvalue weighted by atomic mass is 9.79. The van der Waals surface area contributed by atoms with E-state index in [0.717, 1.165) is 12.1 Å². The number of hydrogen-bond acceptors (Lipinski definition) is 4. The molecule has 1 aromatic carbocycles. The van der Waals surface area contributed by atoms with E-state index in [0.29, 0.717) is 5.82 Å². The number of halogens is 1. The Kier molecular flexibility index (Phi) is 2.49. The fraction of sp³-hybridized carbons (Fsp3) is 0.111. The van der Waals surface area contributed by atoms with E-state index in [9.17, 15) is 9.18 Å². The van der Waals surface area contributed by atoms with Crippen LogP contribution in [0.25, 0.3) is 10.9 Å². The Labute approximate surface area is 89.7 Å². The summed E-state index contributed by atoms with van der Waals surface area (Å²) >= 11 is 0. The molecule has 16 heavy (non-hydrogen) atoms. The van der Waals surface area contributed by atoms with E-state index >= 15 is 0 Å². The van der Waals surface area contributed by atoms with Crippen LogP contribution in [0.15, 0.2) is 16.9 Å². The second kappa shape index (κ2) is 3.69. The number of aromatic amines is 1. The van der Waals surface area contributed by atoms with Gasteiger partial charge in [-0.25, -0.2) is 9.37 Å². The minimum absolute atomic E-state index is 0.0764. The number of rotatable bonds is 1. The Hall–Kier alpha value is -1.73. The van der Waals surface area contributed by atoms with Crippen molar-refractivity contribution in [3.05, 3.63) is 34.1 Å². The van der Waals surface area contributed by atoms with Crippen molar-refractivity contribution >= 4 is 23.5 Å². The fourth-order valence-corrected chi connectivity index (χ4v) is 1.49. The van der Waals surface area contributed by atoms with Crippen molar-refractivity contribution in [2.45, 2.75) is 6.92 Å². The van der Waals surface area contributed by atoms with Gasteiger partial charge in [0.15, 0.2) is 0 Å². The van der Waals surface area contributed by atoms with Gasteiger partial charge in [-0.05, 0) is 19.1 Å². The van der Waals surface area contributed by atoms with Crippen LogP contribution in [0.4, 0.5) is 4.39 Å². The Morgan fingerprint density at radius 3 is 2.75 bits per heavy atom. The minimum atomic E-state index is -1.93. The molecule has 0 fully saturated rings. The number of aromatic nitrogens is 2. The normalized spacial score (nSPS) is 10.8. The summed E-state index contributed by atoms with van der Waals surface area (Å²) in [6.45, 7) is 1.58. The van der Waals surface area contributed by atoms with Gasteiger partial charge in [-0.1, -0.05) is 0 Å². The van der Waals surface area contributed by atoms with Crippen LogP contribution in [0.2, 0.25) is 0 Å². The van der Waals surface area contributed by atoms with Crippen LogP contribution in [0.5, 0.6) is 0 Å². The van der Waals surface area contributed by atoms with Crippen molar-refractivity contribution in [3.63, 3.8) is 0 Å².